The van der Waals surface area contributed by atoms with Gasteiger partial charge in [-0.3, -0.25) is 9.59 Å². The highest BCUT2D eigenvalue weighted by molar-refractivity contribution is 6.30. The zero-order chi connectivity index (χ0) is 23.2. The van der Waals surface area contributed by atoms with Gasteiger partial charge in [0.2, 0.25) is 5.82 Å². The summed E-state index contributed by atoms with van der Waals surface area (Å²) in [5, 5.41) is 5.81. The fourth-order valence-electron chi connectivity index (χ4n) is 4.17. The minimum atomic E-state index is -0.599. The van der Waals surface area contributed by atoms with Crippen molar-refractivity contribution in [3.8, 4) is 5.69 Å². The van der Waals surface area contributed by atoms with Crippen LogP contribution in [-0.4, -0.2) is 71.5 Å². The van der Waals surface area contributed by atoms with Crippen LogP contribution < -0.4 is 0 Å². The molecule has 0 bridgehead atoms. The van der Waals surface area contributed by atoms with Gasteiger partial charge in [-0.2, -0.15) is 0 Å². The zero-order valence-electron chi connectivity index (χ0n) is 18.2. The van der Waals surface area contributed by atoms with E-state index in [1.54, 1.807) is 34.3 Å². The predicted molar refractivity (Wildman–Crippen MR) is 123 cm³/mol. The van der Waals surface area contributed by atoms with Gasteiger partial charge < -0.3 is 14.8 Å². The molecule has 10 heteroatoms. The molecule has 0 unspecified atom stereocenters. The number of carbonyl (C=O) groups is 2. The molecule has 4 heterocycles. The molecule has 0 radical (unpaired) electrons. The quantitative estimate of drug-likeness (QED) is 0.503. The summed E-state index contributed by atoms with van der Waals surface area (Å²) in [6.07, 6.45) is 4.87. The summed E-state index contributed by atoms with van der Waals surface area (Å²) in [7, 11) is 0. The van der Waals surface area contributed by atoms with Crippen molar-refractivity contribution in [3.63, 3.8) is 0 Å². The first-order valence-corrected chi connectivity index (χ1v) is 10.9. The monoisotopic (exact) mass is 463 g/mol. The average molecular weight is 464 g/mol. The number of piperazine rings is 1. The first-order valence-electron chi connectivity index (χ1n) is 10.5. The first kappa shape index (κ1) is 21.1. The van der Waals surface area contributed by atoms with Gasteiger partial charge in [-0.05, 0) is 44.2 Å². The molecule has 2 amide bonds. The number of pyridine rings is 1. The summed E-state index contributed by atoms with van der Waals surface area (Å²) in [6, 6.07) is 10.9. The van der Waals surface area contributed by atoms with E-state index in [1.807, 2.05) is 38.1 Å². The molecule has 1 fully saturated rings. The third kappa shape index (κ3) is 3.95. The molecule has 5 rings (SSSR count). The Morgan fingerprint density at radius 1 is 1.09 bits per heavy atom. The van der Waals surface area contributed by atoms with E-state index in [4.69, 9.17) is 11.6 Å². The summed E-state index contributed by atoms with van der Waals surface area (Å²) in [5.41, 5.74) is 1.39. The normalized spacial score (nSPS) is 15.7. The highest BCUT2D eigenvalue weighted by Gasteiger charge is 2.40. The molecule has 0 atom stereocenters. The van der Waals surface area contributed by atoms with Crippen LogP contribution in [0.5, 0.6) is 0 Å². The summed E-state index contributed by atoms with van der Waals surface area (Å²) >= 11 is 6.06. The third-order valence-electron chi connectivity index (χ3n) is 5.84. The van der Waals surface area contributed by atoms with Crippen molar-refractivity contribution < 1.29 is 9.59 Å². The molecule has 168 valence electrons. The second-order valence-electron chi connectivity index (χ2n) is 8.63. The number of halogens is 1. The second kappa shape index (κ2) is 8.00. The lowest BCUT2D eigenvalue weighted by Gasteiger charge is -2.46. The fraction of sp³-hybridized carbons (Fsp3) is 0.261. The zero-order valence-corrected chi connectivity index (χ0v) is 19.0. The highest BCUT2D eigenvalue weighted by atomic mass is 35.5. The van der Waals surface area contributed by atoms with E-state index in [0.717, 1.165) is 16.7 Å². The van der Waals surface area contributed by atoms with Crippen LogP contribution in [0, 0.1) is 0 Å². The molecule has 3 aromatic heterocycles. The number of carbonyl (C=O) groups excluding carboxylic acids is 2. The van der Waals surface area contributed by atoms with Crippen LogP contribution in [0.3, 0.4) is 0 Å². The van der Waals surface area contributed by atoms with Gasteiger partial charge in [0.05, 0.1) is 16.8 Å². The molecule has 1 aliphatic rings. The molecule has 1 N–H and O–H groups in total. The van der Waals surface area contributed by atoms with E-state index in [-0.39, 0.29) is 17.6 Å². The number of aromatic amines is 1. The molecule has 0 saturated carbocycles. The van der Waals surface area contributed by atoms with E-state index in [2.05, 4.69) is 20.1 Å². The van der Waals surface area contributed by atoms with Crippen LogP contribution in [0.1, 0.15) is 34.8 Å². The maximum absolute atomic E-state index is 13.2. The van der Waals surface area contributed by atoms with Crippen molar-refractivity contribution >= 4 is 34.4 Å². The minimum absolute atomic E-state index is 0.102. The number of amides is 2. The van der Waals surface area contributed by atoms with Crippen LogP contribution in [0.15, 0.2) is 55.1 Å². The first-order chi connectivity index (χ1) is 15.8. The topological polar surface area (TPSA) is 100 Å². The van der Waals surface area contributed by atoms with Crippen molar-refractivity contribution in [1.29, 1.82) is 0 Å². The van der Waals surface area contributed by atoms with Crippen molar-refractivity contribution in [3.05, 3.63) is 71.5 Å². The summed E-state index contributed by atoms with van der Waals surface area (Å²) in [6.45, 7) is 5.05. The van der Waals surface area contributed by atoms with E-state index in [0.29, 0.717) is 30.2 Å². The van der Waals surface area contributed by atoms with Crippen molar-refractivity contribution in [1.82, 2.24) is 34.5 Å². The van der Waals surface area contributed by atoms with Gasteiger partial charge in [0.25, 0.3) is 11.8 Å². The largest absolute Gasteiger partial charge is 0.346 e. The van der Waals surface area contributed by atoms with Crippen LogP contribution in [0.25, 0.3) is 16.7 Å². The summed E-state index contributed by atoms with van der Waals surface area (Å²) in [4.78, 5) is 41.4. The lowest BCUT2D eigenvalue weighted by Crippen LogP contribution is -2.62. The van der Waals surface area contributed by atoms with Crippen molar-refractivity contribution in [2.75, 3.05) is 19.6 Å². The van der Waals surface area contributed by atoms with Crippen LogP contribution in [0.2, 0.25) is 5.02 Å². The van der Waals surface area contributed by atoms with Gasteiger partial charge in [0.1, 0.15) is 12.0 Å². The van der Waals surface area contributed by atoms with Crippen LogP contribution >= 0.6 is 11.6 Å². The number of H-pyrrole nitrogens is 1. The number of hydrogen-bond acceptors (Lipinski definition) is 5. The lowest BCUT2D eigenvalue weighted by atomic mass is 9.97. The Balaban J connectivity index is 1.32. The van der Waals surface area contributed by atoms with E-state index < -0.39 is 5.54 Å². The number of nitrogens with zero attached hydrogens (tertiary/aromatic N) is 6. The molecular formula is C23H22ClN7O2. The third-order valence-corrected chi connectivity index (χ3v) is 6.07. The van der Waals surface area contributed by atoms with E-state index in [1.165, 1.54) is 11.0 Å². The van der Waals surface area contributed by atoms with Crippen molar-refractivity contribution in [2.24, 2.45) is 0 Å². The Morgan fingerprint density at radius 3 is 2.73 bits per heavy atom. The Kier molecular flexibility index (Phi) is 5.13. The van der Waals surface area contributed by atoms with E-state index >= 15 is 0 Å². The number of nitrogens with one attached hydrogen (secondary N) is 1. The maximum Gasteiger partial charge on any atom is 0.294 e. The molecule has 0 spiro atoms. The van der Waals surface area contributed by atoms with Crippen LogP contribution in [0.4, 0.5) is 0 Å². The highest BCUT2D eigenvalue weighted by Crippen LogP contribution is 2.25. The molecule has 0 aliphatic carbocycles. The Hall–Kier alpha value is -3.72. The van der Waals surface area contributed by atoms with Gasteiger partial charge in [-0.1, -0.05) is 17.7 Å². The van der Waals surface area contributed by atoms with Crippen LogP contribution in [-0.2, 0) is 0 Å². The smallest absolute Gasteiger partial charge is 0.294 e. The molecule has 1 saturated heterocycles. The van der Waals surface area contributed by atoms with Gasteiger partial charge in [0.15, 0.2) is 0 Å². The Labute approximate surface area is 195 Å². The second-order valence-corrected chi connectivity index (χ2v) is 9.06. The van der Waals surface area contributed by atoms with Gasteiger partial charge in [0, 0.05) is 42.4 Å². The molecular weight excluding hydrogens is 442 g/mol. The predicted octanol–water partition coefficient (Wildman–Crippen LogP) is 3.17. The number of fused-ring (bicyclic) bond motifs is 1. The van der Waals surface area contributed by atoms with Gasteiger partial charge in [-0.25, -0.2) is 14.6 Å². The van der Waals surface area contributed by atoms with Crippen molar-refractivity contribution in [2.45, 2.75) is 19.4 Å². The molecule has 9 nitrogen and oxygen atoms in total. The standard InChI is InChI=1S/C23H22ClN7O2/c1-23(2)13-29(21(32)16-10-15-6-7-25-19(15)26-12-16)8-9-30(23)22(33)20-27-14-31(28-20)18-5-3-4-17(24)11-18/h3-7,10-12,14H,8-9,13H2,1-2H3,(H,25,26). The van der Waals surface area contributed by atoms with Gasteiger partial charge >= 0.3 is 0 Å². The SMILES string of the molecule is CC1(C)CN(C(=O)c2cnc3[nH]ccc3c2)CCN1C(=O)c1ncn(-c2cccc(Cl)c2)n1. The van der Waals surface area contributed by atoms with E-state index in [9.17, 15) is 9.59 Å². The lowest BCUT2D eigenvalue weighted by molar-refractivity contribution is 0.0160. The molecule has 1 aromatic carbocycles. The number of aromatic nitrogens is 5. The molecule has 33 heavy (non-hydrogen) atoms. The average Bonchev–Trinajstić information content (AvgIpc) is 3.47. The number of benzene rings is 1. The molecule has 4 aromatic rings. The Bertz CT molecular complexity index is 1360. The van der Waals surface area contributed by atoms with Gasteiger partial charge in [-0.15, -0.1) is 5.10 Å². The summed E-state index contributed by atoms with van der Waals surface area (Å²) in [5.74, 6) is -0.276. The fourth-order valence-corrected chi connectivity index (χ4v) is 4.35. The summed E-state index contributed by atoms with van der Waals surface area (Å²) < 4.78 is 1.52. The number of rotatable bonds is 3. The number of hydrogen-bond donors (Lipinski definition) is 1. The molecule has 1 aliphatic heterocycles. The maximum atomic E-state index is 13.2. The Morgan fingerprint density at radius 2 is 1.94 bits per heavy atom. The minimum Gasteiger partial charge on any atom is -0.346 e.